The fraction of sp³-hybridized carbons (Fsp3) is 0.667. The van der Waals surface area contributed by atoms with Gasteiger partial charge in [0.25, 0.3) is 0 Å². The molecule has 0 saturated carbocycles. The van der Waals surface area contributed by atoms with Crippen LogP contribution in [0.2, 0.25) is 3.17 Å². The van der Waals surface area contributed by atoms with Gasteiger partial charge < -0.3 is 0 Å². The molecule has 0 spiro atoms. The molecule has 1 aliphatic carbocycles. The predicted molar refractivity (Wildman–Crippen MR) is 67.7 cm³/mol. The Morgan fingerprint density at radius 2 is 1.06 bits per heavy atom. The van der Waals surface area contributed by atoms with Gasteiger partial charge >= 0.3 is 106 Å². The van der Waals surface area contributed by atoms with Crippen LogP contribution in [0, 0.1) is 0 Å². The van der Waals surface area contributed by atoms with Gasteiger partial charge in [0.2, 0.25) is 0 Å². The summed E-state index contributed by atoms with van der Waals surface area (Å²) in [4.78, 5) is 0. The second kappa shape index (κ2) is 4.84. The summed E-state index contributed by atoms with van der Waals surface area (Å²) in [5, 5.41) is 0. The Bertz CT molecular complexity index is 272. The fourth-order valence-corrected chi connectivity index (χ4v) is 24.7. The van der Waals surface area contributed by atoms with Gasteiger partial charge in [-0.1, -0.05) is 0 Å². The van der Waals surface area contributed by atoms with Crippen molar-refractivity contribution in [2.75, 3.05) is 42.3 Å². The Balaban J connectivity index is 3.33. The SMILES string of the molecule is C[N](C)[Hf]([N](C)C)([N](C)C)[C]1(C)C=CC=C1. The van der Waals surface area contributed by atoms with Crippen LogP contribution in [-0.4, -0.2) is 50.9 Å². The van der Waals surface area contributed by atoms with E-state index in [2.05, 4.69) is 82.2 Å². The summed E-state index contributed by atoms with van der Waals surface area (Å²) < 4.78 is 7.69. The molecule has 16 heavy (non-hydrogen) atoms. The summed E-state index contributed by atoms with van der Waals surface area (Å²) in [7, 11) is 13.4. The average Bonchev–Trinajstić information content (AvgIpc) is 2.51. The van der Waals surface area contributed by atoms with Crippen molar-refractivity contribution < 1.29 is 20.8 Å². The standard InChI is InChI=1S/C6H7.3C2H6N.Hf/c1-6-4-2-3-5-6;3*1-3-2;/h2-5H,1H3;3*1-2H3;/q;3*-1;+3. The molecule has 1 aliphatic rings. The minimum absolute atomic E-state index is 0.212. The Kier molecular flexibility index (Phi) is 4.33. The molecule has 0 aromatic heterocycles. The van der Waals surface area contributed by atoms with Crippen LogP contribution in [0.5, 0.6) is 0 Å². The third-order valence-electron chi connectivity index (χ3n) is 3.59. The zero-order chi connectivity index (χ0) is 12.6. The first kappa shape index (κ1) is 14.3. The van der Waals surface area contributed by atoms with Gasteiger partial charge in [0.05, 0.1) is 0 Å². The van der Waals surface area contributed by atoms with E-state index in [-0.39, 0.29) is 3.17 Å². The molecule has 0 unspecified atom stereocenters. The summed E-state index contributed by atoms with van der Waals surface area (Å²) in [5.41, 5.74) is 0. The summed E-state index contributed by atoms with van der Waals surface area (Å²) in [5.74, 6) is 0. The topological polar surface area (TPSA) is 9.72 Å². The zero-order valence-corrected chi connectivity index (χ0v) is 15.2. The van der Waals surface area contributed by atoms with Crippen LogP contribution in [0.3, 0.4) is 0 Å². The predicted octanol–water partition coefficient (Wildman–Crippen LogP) is 1.87. The van der Waals surface area contributed by atoms with E-state index in [0.29, 0.717) is 0 Å². The summed E-state index contributed by atoms with van der Waals surface area (Å²) in [6.45, 7) is 2.37. The van der Waals surface area contributed by atoms with Gasteiger partial charge in [0.15, 0.2) is 0 Å². The zero-order valence-electron chi connectivity index (χ0n) is 11.7. The summed E-state index contributed by atoms with van der Waals surface area (Å²) >= 11 is -2.93. The van der Waals surface area contributed by atoms with E-state index in [1.54, 1.807) is 0 Å². The summed E-state index contributed by atoms with van der Waals surface area (Å²) in [6.07, 6.45) is 9.11. The van der Waals surface area contributed by atoms with Gasteiger partial charge in [-0.2, -0.15) is 0 Å². The number of hydrogen-bond acceptors (Lipinski definition) is 3. The van der Waals surface area contributed by atoms with Crippen LogP contribution in [0.1, 0.15) is 6.92 Å². The number of rotatable bonds is 4. The molecular formula is C12H25HfN3. The third kappa shape index (κ3) is 1.90. The first-order valence-corrected chi connectivity index (χ1v) is 12.3. The second-order valence-corrected chi connectivity index (χ2v) is 23.4. The molecule has 0 aliphatic heterocycles. The van der Waals surface area contributed by atoms with Crippen molar-refractivity contribution in [2.24, 2.45) is 0 Å². The molecule has 0 N–H and O–H groups in total. The van der Waals surface area contributed by atoms with E-state index in [4.69, 9.17) is 0 Å². The molecule has 0 heterocycles. The Morgan fingerprint density at radius 3 is 1.31 bits per heavy atom. The molecule has 0 bridgehead atoms. The van der Waals surface area contributed by atoms with E-state index in [9.17, 15) is 0 Å². The molecular weight excluding hydrogens is 365 g/mol. The Morgan fingerprint density at radius 1 is 0.750 bits per heavy atom. The van der Waals surface area contributed by atoms with Crippen LogP contribution >= 0.6 is 0 Å². The van der Waals surface area contributed by atoms with Gasteiger partial charge in [0.1, 0.15) is 0 Å². The molecule has 4 heteroatoms. The molecule has 0 fully saturated rings. The minimum atomic E-state index is -2.93. The van der Waals surface area contributed by atoms with Crippen molar-refractivity contribution in [1.29, 1.82) is 0 Å². The maximum atomic E-state index is 2.49. The maximum absolute atomic E-state index is 2.93. The van der Waals surface area contributed by atoms with Gasteiger partial charge in [-0.15, -0.1) is 0 Å². The molecule has 0 radical (unpaired) electrons. The van der Waals surface area contributed by atoms with Crippen molar-refractivity contribution >= 4 is 0 Å². The van der Waals surface area contributed by atoms with E-state index >= 15 is 0 Å². The first-order chi connectivity index (χ1) is 7.29. The molecule has 0 amide bonds. The van der Waals surface area contributed by atoms with Gasteiger partial charge in [0, 0.05) is 0 Å². The van der Waals surface area contributed by atoms with E-state index in [1.807, 2.05) is 0 Å². The normalized spacial score (nSPS) is 19.4. The third-order valence-corrected chi connectivity index (χ3v) is 23.4. The molecule has 0 atom stereocenters. The molecule has 3 nitrogen and oxygen atoms in total. The fourth-order valence-electron chi connectivity index (χ4n) is 3.44. The van der Waals surface area contributed by atoms with Crippen molar-refractivity contribution in [1.82, 2.24) is 8.66 Å². The first-order valence-electron chi connectivity index (χ1n) is 5.68. The second-order valence-electron chi connectivity index (χ2n) is 5.32. The quantitative estimate of drug-likeness (QED) is 0.680. The van der Waals surface area contributed by atoms with Crippen LogP contribution in [-0.2, 0) is 20.8 Å². The Hall–Kier alpha value is 0.230. The van der Waals surface area contributed by atoms with Crippen LogP contribution < -0.4 is 0 Å². The Labute approximate surface area is 106 Å². The van der Waals surface area contributed by atoms with Crippen molar-refractivity contribution in [3.8, 4) is 0 Å². The summed E-state index contributed by atoms with van der Waals surface area (Å²) in [6, 6.07) is 0. The molecule has 0 aromatic carbocycles. The number of allylic oxidation sites excluding steroid dienone is 4. The van der Waals surface area contributed by atoms with Crippen LogP contribution in [0.4, 0.5) is 0 Å². The van der Waals surface area contributed by atoms with Crippen LogP contribution in [0.15, 0.2) is 24.3 Å². The van der Waals surface area contributed by atoms with Gasteiger partial charge in [-0.05, 0) is 0 Å². The van der Waals surface area contributed by atoms with Crippen molar-refractivity contribution in [3.05, 3.63) is 24.3 Å². The molecule has 1 rings (SSSR count). The van der Waals surface area contributed by atoms with E-state index < -0.39 is 20.8 Å². The van der Waals surface area contributed by atoms with Crippen molar-refractivity contribution in [3.63, 3.8) is 0 Å². The monoisotopic (exact) mass is 391 g/mol. The molecule has 0 saturated heterocycles. The number of hydrogen-bond donors (Lipinski definition) is 0. The van der Waals surface area contributed by atoms with E-state index in [0.717, 1.165) is 0 Å². The number of nitrogens with zero attached hydrogens (tertiary/aromatic N) is 3. The van der Waals surface area contributed by atoms with Crippen LogP contribution in [0.25, 0.3) is 0 Å². The average molecular weight is 390 g/mol. The molecule has 0 aromatic rings. The van der Waals surface area contributed by atoms with Gasteiger partial charge in [-0.3, -0.25) is 0 Å². The molecule has 92 valence electrons. The van der Waals surface area contributed by atoms with Gasteiger partial charge in [-0.25, -0.2) is 0 Å². The van der Waals surface area contributed by atoms with E-state index in [1.165, 1.54) is 0 Å². The van der Waals surface area contributed by atoms with Crippen molar-refractivity contribution in [2.45, 2.75) is 10.1 Å².